The fraction of sp³-hybridized carbons (Fsp3) is 0.611. The van der Waals surface area contributed by atoms with E-state index in [1.807, 2.05) is 24.3 Å². The number of anilines is 1. The molecule has 1 fully saturated rings. The molecule has 0 heterocycles. The van der Waals surface area contributed by atoms with Crippen LogP contribution in [0, 0.1) is 11.3 Å². The van der Waals surface area contributed by atoms with E-state index in [2.05, 4.69) is 31.4 Å². The van der Waals surface area contributed by atoms with Gasteiger partial charge in [-0.1, -0.05) is 26.8 Å². The summed E-state index contributed by atoms with van der Waals surface area (Å²) in [6.07, 6.45) is 4.95. The molecule has 1 aliphatic rings. The van der Waals surface area contributed by atoms with E-state index in [-0.39, 0.29) is 0 Å². The van der Waals surface area contributed by atoms with Gasteiger partial charge in [-0.3, -0.25) is 0 Å². The lowest BCUT2D eigenvalue weighted by atomic mass is 9.71. The Morgan fingerprint density at radius 2 is 1.86 bits per heavy atom. The molecule has 2 N–H and O–H groups in total. The van der Waals surface area contributed by atoms with Crippen LogP contribution in [0.5, 0.6) is 5.75 Å². The van der Waals surface area contributed by atoms with Crippen LogP contribution >= 0.6 is 12.2 Å². The SMILES string of the molecule is COc1cccc(NC(=S)NC2CCC(C(C)(C)C)CC2)c1. The number of methoxy groups -OCH3 is 1. The third-order valence-electron chi connectivity index (χ3n) is 4.61. The maximum Gasteiger partial charge on any atom is 0.170 e. The molecule has 0 atom stereocenters. The Morgan fingerprint density at radius 3 is 2.45 bits per heavy atom. The van der Waals surface area contributed by atoms with Crippen LogP contribution in [0.1, 0.15) is 46.5 Å². The molecule has 0 bridgehead atoms. The van der Waals surface area contributed by atoms with Crippen molar-refractivity contribution in [2.45, 2.75) is 52.5 Å². The van der Waals surface area contributed by atoms with Crippen molar-refractivity contribution in [2.75, 3.05) is 12.4 Å². The fourth-order valence-electron chi connectivity index (χ4n) is 3.16. The Bertz CT molecular complexity index is 502. The van der Waals surface area contributed by atoms with Gasteiger partial charge >= 0.3 is 0 Å². The molecule has 0 radical (unpaired) electrons. The lowest BCUT2D eigenvalue weighted by Gasteiger charge is -2.37. The largest absolute Gasteiger partial charge is 0.497 e. The molecule has 0 aliphatic heterocycles. The first-order valence-corrected chi connectivity index (χ1v) is 8.51. The van der Waals surface area contributed by atoms with E-state index in [4.69, 9.17) is 17.0 Å². The number of nitrogens with one attached hydrogen (secondary N) is 2. The summed E-state index contributed by atoms with van der Waals surface area (Å²) in [6, 6.07) is 8.31. The maximum absolute atomic E-state index is 5.44. The molecule has 1 aromatic carbocycles. The van der Waals surface area contributed by atoms with Gasteiger partial charge in [0.1, 0.15) is 5.75 Å². The minimum absolute atomic E-state index is 0.421. The van der Waals surface area contributed by atoms with Gasteiger partial charge in [0, 0.05) is 17.8 Å². The summed E-state index contributed by atoms with van der Waals surface area (Å²) in [6.45, 7) is 7.04. The van der Waals surface area contributed by atoms with E-state index < -0.39 is 0 Å². The average Bonchev–Trinajstić information content (AvgIpc) is 2.47. The third-order valence-corrected chi connectivity index (χ3v) is 4.83. The van der Waals surface area contributed by atoms with Crippen molar-refractivity contribution in [3.63, 3.8) is 0 Å². The minimum Gasteiger partial charge on any atom is -0.497 e. The molecule has 0 aromatic heterocycles. The van der Waals surface area contributed by atoms with Gasteiger partial charge in [-0.25, -0.2) is 0 Å². The second-order valence-corrected chi connectivity index (χ2v) is 7.65. The van der Waals surface area contributed by atoms with E-state index >= 15 is 0 Å². The molecule has 1 aromatic rings. The van der Waals surface area contributed by atoms with Crippen molar-refractivity contribution < 1.29 is 4.74 Å². The van der Waals surface area contributed by atoms with E-state index in [9.17, 15) is 0 Å². The van der Waals surface area contributed by atoms with E-state index in [1.54, 1.807) is 7.11 Å². The Labute approximate surface area is 139 Å². The Balaban J connectivity index is 1.81. The lowest BCUT2D eigenvalue weighted by molar-refractivity contribution is 0.166. The monoisotopic (exact) mass is 320 g/mol. The van der Waals surface area contributed by atoms with Crippen LogP contribution < -0.4 is 15.4 Å². The van der Waals surface area contributed by atoms with Crippen molar-refractivity contribution >= 4 is 23.0 Å². The van der Waals surface area contributed by atoms with Crippen LogP contribution in [-0.4, -0.2) is 18.3 Å². The Kier molecular flexibility index (Phi) is 5.68. The highest BCUT2D eigenvalue weighted by atomic mass is 32.1. The van der Waals surface area contributed by atoms with Crippen molar-refractivity contribution in [2.24, 2.45) is 11.3 Å². The zero-order chi connectivity index (χ0) is 16.2. The number of benzene rings is 1. The first-order valence-electron chi connectivity index (χ1n) is 8.10. The zero-order valence-electron chi connectivity index (χ0n) is 14.1. The summed E-state index contributed by atoms with van der Waals surface area (Å²) < 4.78 is 5.23. The van der Waals surface area contributed by atoms with Gasteiger partial charge in [0.15, 0.2) is 5.11 Å². The fourth-order valence-corrected chi connectivity index (χ4v) is 3.44. The Hall–Kier alpha value is -1.29. The number of rotatable bonds is 3. The molecular formula is C18H28N2OS. The normalized spacial score (nSPS) is 22.0. The molecule has 1 aliphatic carbocycles. The predicted octanol–water partition coefficient (Wildman–Crippen LogP) is 4.59. The van der Waals surface area contributed by atoms with Crippen LogP contribution in [0.15, 0.2) is 24.3 Å². The van der Waals surface area contributed by atoms with Crippen LogP contribution in [0.3, 0.4) is 0 Å². The number of ether oxygens (including phenoxy) is 1. The first kappa shape index (κ1) is 17.1. The van der Waals surface area contributed by atoms with Gasteiger partial charge in [0.25, 0.3) is 0 Å². The first-order chi connectivity index (χ1) is 10.4. The minimum atomic E-state index is 0.421. The van der Waals surface area contributed by atoms with Gasteiger partial charge in [-0.05, 0) is 61.4 Å². The molecule has 2 rings (SSSR count). The summed E-state index contributed by atoms with van der Waals surface area (Å²) >= 11 is 5.44. The smallest absolute Gasteiger partial charge is 0.170 e. The van der Waals surface area contributed by atoms with E-state index in [0.717, 1.165) is 17.4 Å². The van der Waals surface area contributed by atoms with Crippen molar-refractivity contribution in [1.82, 2.24) is 5.32 Å². The van der Waals surface area contributed by atoms with Gasteiger partial charge in [0.2, 0.25) is 0 Å². The van der Waals surface area contributed by atoms with Gasteiger partial charge < -0.3 is 15.4 Å². The molecule has 0 spiro atoms. The summed E-state index contributed by atoms with van der Waals surface area (Å²) in [5.41, 5.74) is 1.38. The third kappa shape index (κ3) is 4.87. The molecule has 0 amide bonds. The highest BCUT2D eigenvalue weighted by Crippen LogP contribution is 2.37. The van der Waals surface area contributed by atoms with Crippen molar-refractivity contribution in [3.8, 4) is 5.75 Å². The molecule has 0 saturated heterocycles. The zero-order valence-corrected chi connectivity index (χ0v) is 14.9. The summed E-state index contributed by atoms with van der Waals surface area (Å²) in [7, 11) is 1.67. The van der Waals surface area contributed by atoms with Crippen LogP contribution in [0.4, 0.5) is 5.69 Å². The van der Waals surface area contributed by atoms with Gasteiger partial charge in [0.05, 0.1) is 7.11 Å². The Morgan fingerprint density at radius 1 is 1.18 bits per heavy atom. The summed E-state index contributed by atoms with van der Waals surface area (Å²) in [4.78, 5) is 0. The number of hydrogen-bond donors (Lipinski definition) is 2. The van der Waals surface area contributed by atoms with Crippen LogP contribution in [0.2, 0.25) is 0 Å². The molecule has 1 saturated carbocycles. The second-order valence-electron chi connectivity index (χ2n) is 7.24. The average molecular weight is 321 g/mol. The summed E-state index contributed by atoms with van der Waals surface area (Å²) in [5, 5.41) is 7.40. The van der Waals surface area contributed by atoms with Crippen LogP contribution in [-0.2, 0) is 0 Å². The second kappa shape index (κ2) is 7.32. The van der Waals surface area contributed by atoms with Gasteiger partial charge in [-0.2, -0.15) is 0 Å². The topological polar surface area (TPSA) is 33.3 Å². The molecule has 3 nitrogen and oxygen atoms in total. The van der Waals surface area contributed by atoms with E-state index in [1.165, 1.54) is 25.7 Å². The maximum atomic E-state index is 5.44. The molecule has 4 heteroatoms. The van der Waals surface area contributed by atoms with Gasteiger partial charge in [-0.15, -0.1) is 0 Å². The lowest BCUT2D eigenvalue weighted by Crippen LogP contribution is -2.41. The highest BCUT2D eigenvalue weighted by molar-refractivity contribution is 7.80. The molecule has 22 heavy (non-hydrogen) atoms. The van der Waals surface area contributed by atoms with Crippen LogP contribution in [0.25, 0.3) is 0 Å². The number of hydrogen-bond acceptors (Lipinski definition) is 2. The summed E-state index contributed by atoms with van der Waals surface area (Å²) in [5.74, 6) is 1.66. The predicted molar refractivity (Wildman–Crippen MR) is 97.6 cm³/mol. The van der Waals surface area contributed by atoms with E-state index in [0.29, 0.717) is 16.6 Å². The highest BCUT2D eigenvalue weighted by Gasteiger charge is 2.29. The molecule has 122 valence electrons. The molecule has 0 unspecified atom stereocenters. The quantitative estimate of drug-likeness (QED) is 0.798. The molecular weight excluding hydrogens is 292 g/mol. The number of thiocarbonyl (C=S) groups is 1. The standard InChI is InChI=1S/C18H28N2OS/c1-18(2,3)13-8-10-14(11-9-13)19-17(22)20-15-6-5-7-16(12-15)21-4/h5-7,12-14H,8-11H2,1-4H3,(H2,19,20,22). The van der Waals surface area contributed by atoms with Crippen molar-refractivity contribution in [1.29, 1.82) is 0 Å². The van der Waals surface area contributed by atoms with Crippen molar-refractivity contribution in [3.05, 3.63) is 24.3 Å².